The topological polar surface area (TPSA) is 67.9 Å². The van der Waals surface area contributed by atoms with Crippen LogP contribution in [0.3, 0.4) is 0 Å². The van der Waals surface area contributed by atoms with Gasteiger partial charge in [-0.15, -0.1) is 0 Å². The Morgan fingerprint density at radius 1 is 1.04 bits per heavy atom. The third-order valence-corrected chi connectivity index (χ3v) is 3.81. The molecular formula is C20H24N2O4. The lowest BCUT2D eigenvalue weighted by Gasteiger charge is -2.23. The normalized spacial score (nSPS) is 10.1. The molecule has 0 aliphatic rings. The molecule has 0 unspecified atom stereocenters. The minimum absolute atomic E-state index is 0.0887. The number of benzene rings is 2. The summed E-state index contributed by atoms with van der Waals surface area (Å²) in [5.41, 5.74) is 1.45. The Kier molecular flexibility index (Phi) is 7.02. The van der Waals surface area contributed by atoms with Crippen LogP contribution >= 0.6 is 0 Å². The Bertz CT molecular complexity index is 761. The van der Waals surface area contributed by atoms with E-state index in [9.17, 15) is 9.59 Å². The van der Waals surface area contributed by atoms with Crippen LogP contribution in [-0.4, -0.2) is 32.1 Å². The van der Waals surface area contributed by atoms with Gasteiger partial charge in [0.25, 0.3) is 0 Å². The second-order valence-corrected chi connectivity index (χ2v) is 5.59. The molecule has 0 aromatic heterocycles. The van der Waals surface area contributed by atoms with E-state index < -0.39 is 0 Å². The number of amides is 2. The molecule has 2 rings (SSSR count). The van der Waals surface area contributed by atoms with E-state index in [4.69, 9.17) is 9.47 Å². The van der Waals surface area contributed by atoms with Crippen LogP contribution in [0.1, 0.15) is 19.4 Å². The largest absolute Gasteiger partial charge is 0.496 e. The molecule has 2 amide bonds. The molecule has 0 aliphatic carbocycles. The molecule has 0 saturated heterocycles. The van der Waals surface area contributed by atoms with Gasteiger partial charge in [-0.25, -0.2) is 0 Å². The first-order chi connectivity index (χ1) is 12.6. The lowest BCUT2D eigenvalue weighted by molar-refractivity contribution is -0.123. The third kappa shape index (κ3) is 4.99. The summed E-state index contributed by atoms with van der Waals surface area (Å²) in [6.45, 7) is 4.00. The van der Waals surface area contributed by atoms with Crippen LogP contribution in [0.15, 0.2) is 48.5 Å². The summed E-state index contributed by atoms with van der Waals surface area (Å²) < 4.78 is 10.8. The van der Waals surface area contributed by atoms with Crippen LogP contribution in [0.25, 0.3) is 0 Å². The molecule has 0 atom stereocenters. The zero-order valence-electron chi connectivity index (χ0n) is 15.3. The fourth-order valence-corrected chi connectivity index (χ4v) is 2.57. The summed E-state index contributed by atoms with van der Waals surface area (Å²) in [5, 5.41) is 2.83. The van der Waals surface area contributed by atoms with Gasteiger partial charge in [-0.1, -0.05) is 30.3 Å². The molecule has 2 aromatic carbocycles. The number of hydrogen-bond acceptors (Lipinski definition) is 4. The minimum Gasteiger partial charge on any atom is -0.496 e. The van der Waals surface area contributed by atoms with Crippen molar-refractivity contribution in [3.05, 3.63) is 54.1 Å². The first-order valence-electron chi connectivity index (χ1n) is 8.45. The lowest BCUT2D eigenvalue weighted by Crippen LogP contribution is -2.39. The van der Waals surface area contributed by atoms with E-state index in [1.165, 1.54) is 11.8 Å². The smallest absolute Gasteiger partial charge is 0.240 e. The van der Waals surface area contributed by atoms with Gasteiger partial charge in [-0.2, -0.15) is 0 Å². The highest BCUT2D eigenvalue weighted by atomic mass is 16.5. The van der Waals surface area contributed by atoms with Crippen molar-refractivity contribution in [3.8, 4) is 11.5 Å². The Balaban J connectivity index is 2.08. The van der Waals surface area contributed by atoms with Gasteiger partial charge < -0.3 is 14.8 Å². The summed E-state index contributed by atoms with van der Waals surface area (Å²) in [7, 11) is 1.59. The Hall–Kier alpha value is -3.02. The molecule has 0 bridgehead atoms. The third-order valence-electron chi connectivity index (χ3n) is 3.81. The van der Waals surface area contributed by atoms with E-state index >= 15 is 0 Å². The number of hydrogen-bond donors (Lipinski definition) is 1. The number of methoxy groups -OCH3 is 1. The molecule has 0 aliphatic heterocycles. The van der Waals surface area contributed by atoms with Crippen molar-refractivity contribution in [2.45, 2.75) is 20.4 Å². The molecule has 2 aromatic rings. The summed E-state index contributed by atoms with van der Waals surface area (Å²) in [6.07, 6.45) is 0. The molecule has 0 fully saturated rings. The van der Waals surface area contributed by atoms with Crippen molar-refractivity contribution >= 4 is 17.5 Å². The molecular weight excluding hydrogens is 332 g/mol. The van der Waals surface area contributed by atoms with Crippen LogP contribution in [0, 0.1) is 0 Å². The maximum absolute atomic E-state index is 12.4. The highest BCUT2D eigenvalue weighted by Gasteiger charge is 2.19. The molecule has 6 heteroatoms. The van der Waals surface area contributed by atoms with Gasteiger partial charge in [-0.3, -0.25) is 14.5 Å². The summed E-state index contributed by atoms with van der Waals surface area (Å²) in [4.78, 5) is 25.9. The summed E-state index contributed by atoms with van der Waals surface area (Å²) in [5.74, 6) is 0.780. The maximum atomic E-state index is 12.4. The van der Waals surface area contributed by atoms with Gasteiger partial charge in [0, 0.05) is 19.0 Å². The average Bonchev–Trinajstić information content (AvgIpc) is 2.65. The fourth-order valence-electron chi connectivity index (χ4n) is 2.57. The van der Waals surface area contributed by atoms with Crippen LogP contribution in [-0.2, 0) is 16.1 Å². The monoisotopic (exact) mass is 356 g/mol. The zero-order chi connectivity index (χ0) is 18.9. The highest BCUT2D eigenvalue weighted by molar-refractivity contribution is 5.98. The van der Waals surface area contributed by atoms with E-state index in [0.29, 0.717) is 30.3 Å². The summed E-state index contributed by atoms with van der Waals surface area (Å²) >= 11 is 0. The second kappa shape index (κ2) is 9.46. The standard InChI is InChI=1S/C20H24N2O4/c1-4-26-19-12-8-6-10-17(19)22(15(2)23)14-20(24)21-13-16-9-5-7-11-18(16)25-3/h5-12H,4,13-14H2,1-3H3,(H,21,24). The quantitative estimate of drug-likeness (QED) is 0.790. The average molecular weight is 356 g/mol. The molecule has 1 N–H and O–H groups in total. The number of rotatable bonds is 8. The van der Waals surface area contributed by atoms with E-state index in [-0.39, 0.29) is 18.4 Å². The summed E-state index contributed by atoms with van der Waals surface area (Å²) in [6, 6.07) is 14.6. The maximum Gasteiger partial charge on any atom is 0.240 e. The molecule has 0 heterocycles. The van der Waals surface area contributed by atoms with Gasteiger partial charge in [0.15, 0.2) is 0 Å². The first-order valence-corrected chi connectivity index (χ1v) is 8.45. The molecule has 0 radical (unpaired) electrons. The van der Waals surface area contributed by atoms with E-state index in [2.05, 4.69) is 5.32 Å². The number of nitrogens with one attached hydrogen (secondary N) is 1. The van der Waals surface area contributed by atoms with E-state index in [1.54, 1.807) is 25.3 Å². The molecule has 6 nitrogen and oxygen atoms in total. The van der Waals surface area contributed by atoms with Gasteiger partial charge in [-0.05, 0) is 25.1 Å². The zero-order valence-corrected chi connectivity index (χ0v) is 15.3. The lowest BCUT2D eigenvalue weighted by atomic mass is 10.2. The predicted octanol–water partition coefficient (Wildman–Crippen LogP) is 2.76. The van der Waals surface area contributed by atoms with Crippen LogP contribution in [0.5, 0.6) is 11.5 Å². The minimum atomic E-state index is -0.266. The van der Waals surface area contributed by atoms with Crippen LogP contribution in [0.4, 0.5) is 5.69 Å². The number of nitrogens with zero attached hydrogens (tertiary/aromatic N) is 1. The Labute approximate surface area is 153 Å². The van der Waals surface area contributed by atoms with Gasteiger partial charge in [0.1, 0.15) is 18.0 Å². The molecule has 138 valence electrons. The second-order valence-electron chi connectivity index (χ2n) is 5.59. The van der Waals surface area contributed by atoms with Crippen LogP contribution < -0.4 is 19.7 Å². The van der Waals surface area contributed by atoms with Gasteiger partial charge in [0.2, 0.25) is 11.8 Å². The van der Waals surface area contributed by atoms with Crippen molar-refractivity contribution in [3.63, 3.8) is 0 Å². The van der Waals surface area contributed by atoms with Crippen molar-refractivity contribution in [2.75, 3.05) is 25.2 Å². The molecule has 0 spiro atoms. The van der Waals surface area contributed by atoms with Gasteiger partial charge >= 0.3 is 0 Å². The number of ether oxygens (including phenoxy) is 2. The Morgan fingerprint density at radius 2 is 1.69 bits per heavy atom. The van der Waals surface area contributed by atoms with Gasteiger partial charge in [0.05, 0.1) is 19.4 Å². The van der Waals surface area contributed by atoms with E-state index in [1.807, 2.05) is 37.3 Å². The van der Waals surface area contributed by atoms with Crippen molar-refractivity contribution < 1.29 is 19.1 Å². The predicted molar refractivity (Wildman–Crippen MR) is 100 cm³/mol. The van der Waals surface area contributed by atoms with Crippen LogP contribution in [0.2, 0.25) is 0 Å². The van der Waals surface area contributed by atoms with Crippen molar-refractivity contribution in [2.24, 2.45) is 0 Å². The molecule has 26 heavy (non-hydrogen) atoms. The number of anilines is 1. The highest BCUT2D eigenvalue weighted by Crippen LogP contribution is 2.28. The number of carbonyl (C=O) groups excluding carboxylic acids is 2. The SMILES string of the molecule is CCOc1ccccc1N(CC(=O)NCc1ccccc1OC)C(C)=O. The fraction of sp³-hybridized carbons (Fsp3) is 0.300. The Morgan fingerprint density at radius 3 is 2.35 bits per heavy atom. The number of para-hydroxylation sites is 3. The van der Waals surface area contributed by atoms with Crippen molar-refractivity contribution in [1.29, 1.82) is 0 Å². The molecule has 0 saturated carbocycles. The van der Waals surface area contributed by atoms with E-state index in [0.717, 1.165) is 5.56 Å². The van der Waals surface area contributed by atoms with Crippen molar-refractivity contribution in [1.82, 2.24) is 5.32 Å². The first kappa shape index (κ1) is 19.3. The number of carbonyl (C=O) groups is 2.